The number of carbonyl (C=O) groups excluding carboxylic acids is 3. The number of likely N-dealkylation sites (N-methyl/N-ethyl adjacent to an activating group) is 2. The van der Waals surface area contributed by atoms with E-state index in [1.165, 1.54) is 0 Å². The van der Waals surface area contributed by atoms with Crippen LogP contribution in [0.25, 0.3) is 0 Å². The van der Waals surface area contributed by atoms with Gasteiger partial charge in [-0.05, 0) is 25.7 Å². The third-order valence-electron chi connectivity index (χ3n) is 5.77. The number of fused-ring (bicyclic) bond motifs is 1. The van der Waals surface area contributed by atoms with Gasteiger partial charge in [0.1, 0.15) is 11.2 Å². The number of likely N-dealkylation sites (tertiary alicyclic amines) is 2. The lowest BCUT2D eigenvalue weighted by atomic mass is 9.85. The predicted molar refractivity (Wildman–Crippen MR) is 89.1 cm³/mol. The number of amides is 3. The maximum atomic E-state index is 13.1. The molecule has 3 aliphatic rings. The summed E-state index contributed by atoms with van der Waals surface area (Å²) in [6.07, 6.45) is 3.13. The molecule has 8 nitrogen and oxygen atoms in total. The van der Waals surface area contributed by atoms with Crippen molar-refractivity contribution in [2.24, 2.45) is 0 Å². The molecule has 1 spiro atoms. The maximum absolute atomic E-state index is 13.1. The fourth-order valence-electron chi connectivity index (χ4n) is 4.37. The molecule has 1 aromatic heterocycles. The summed E-state index contributed by atoms with van der Waals surface area (Å²) in [4.78, 5) is 43.3. The monoisotopic (exact) mass is 345 g/mol. The second kappa shape index (κ2) is 5.57. The second-order valence-electron chi connectivity index (χ2n) is 7.29. The highest BCUT2D eigenvalue weighted by atomic mass is 16.2. The van der Waals surface area contributed by atoms with Gasteiger partial charge in [-0.15, -0.1) is 0 Å². The van der Waals surface area contributed by atoms with Crippen LogP contribution in [0.2, 0.25) is 0 Å². The Morgan fingerprint density at radius 3 is 2.52 bits per heavy atom. The Morgan fingerprint density at radius 1 is 1.04 bits per heavy atom. The minimum atomic E-state index is -0.727. The van der Waals surface area contributed by atoms with Gasteiger partial charge >= 0.3 is 0 Å². The lowest BCUT2D eigenvalue weighted by Gasteiger charge is -2.43. The molecule has 25 heavy (non-hydrogen) atoms. The van der Waals surface area contributed by atoms with E-state index in [9.17, 15) is 14.4 Å². The molecule has 0 bridgehead atoms. The van der Waals surface area contributed by atoms with E-state index in [0.717, 1.165) is 19.4 Å². The number of carbonyl (C=O) groups is 3. The lowest BCUT2D eigenvalue weighted by Crippen LogP contribution is -2.60. The number of hydrogen-bond acceptors (Lipinski definition) is 4. The Kier molecular flexibility index (Phi) is 3.59. The van der Waals surface area contributed by atoms with Crippen molar-refractivity contribution >= 4 is 17.7 Å². The number of piperidine rings is 1. The lowest BCUT2D eigenvalue weighted by molar-refractivity contribution is -0.144. The molecular formula is C17H23N5O3. The molecule has 2 saturated heterocycles. The number of nitrogens with zero attached hydrogens (tertiary/aromatic N) is 5. The summed E-state index contributed by atoms with van der Waals surface area (Å²) in [5.74, 6) is -0.328. The van der Waals surface area contributed by atoms with Crippen molar-refractivity contribution in [3.05, 3.63) is 17.5 Å². The first-order valence-corrected chi connectivity index (χ1v) is 8.85. The van der Waals surface area contributed by atoms with Crippen LogP contribution in [0, 0.1) is 0 Å². The van der Waals surface area contributed by atoms with Crippen LogP contribution in [0.1, 0.15) is 46.7 Å². The summed E-state index contributed by atoms with van der Waals surface area (Å²) in [5.41, 5.74) is -0.0203. The van der Waals surface area contributed by atoms with Gasteiger partial charge in [-0.1, -0.05) is 0 Å². The van der Waals surface area contributed by atoms with Crippen LogP contribution in [0.4, 0.5) is 0 Å². The molecule has 3 aliphatic heterocycles. The van der Waals surface area contributed by atoms with E-state index >= 15 is 0 Å². The van der Waals surface area contributed by atoms with Crippen LogP contribution in [-0.2, 0) is 11.3 Å². The molecule has 1 unspecified atom stereocenters. The van der Waals surface area contributed by atoms with Gasteiger partial charge in [0.05, 0.1) is 6.54 Å². The van der Waals surface area contributed by atoms with E-state index in [4.69, 9.17) is 0 Å². The smallest absolute Gasteiger partial charge is 0.275 e. The van der Waals surface area contributed by atoms with E-state index in [1.807, 2.05) is 0 Å². The van der Waals surface area contributed by atoms with Crippen molar-refractivity contribution in [2.75, 3.05) is 33.7 Å². The predicted octanol–water partition coefficient (Wildman–Crippen LogP) is 0.196. The first-order chi connectivity index (χ1) is 11.9. The molecule has 0 N–H and O–H groups in total. The summed E-state index contributed by atoms with van der Waals surface area (Å²) in [5, 5.41) is 4.36. The Bertz CT molecular complexity index is 757. The molecule has 1 atom stereocenters. The van der Waals surface area contributed by atoms with Crippen molar-refractivity contribution < 1.29 is 14.4 Å². The van der Waals surface area contributed by atoms with E-state index in [-0.39, 0.29) is 23.4 Å². The molecule has 3 amide bonds. The fourth-order valence-corrected chi connectivity index (χ4v) is 4.37. The van der Waals surface area contributed by atoms with Gasteiger partial charge in [0.25, 0.3) is 11.8 Å². The molecule has 134 valence electrons. The Morgan fingerprint density at radius 2 is 1.76 bits per heavy atom. The maximum Gasteiger partial charge on any atom is 0.275 e. The van der Waals surface area contributed by atoms with Crippen LogP contribution >= 0.6 is 0 Å². The Hall–Kier alpha value is -2.38. The van der Waals surface area contributed by atoms with Crippen molar-refractivity contribution in [2.45, 2.75) is 37.8 Å². The van der Waals surface area contributed by atoms with E-state index < -0.39 is 5.54 Å². The average Bonchev–Trinajstić information content (AvgIpc) is 3.21. The van der Waals surface area contributed by atoms with Gasteiger partial charge < -0.3 is 14.7 Å². The van der Waals surface area contributed by atoms with Gasteiger partial charge in [0.2, 0.25) is 5.91 Å². The highest BCUT2D eigenvalue weighted by Gasteiger charge is 2.52. The van der Waals surface area contributed by atoms with Gasteiger partial charge in [0.15, 0.2) is 5.69 Å². The van der Waals surface area contributed by atoms with Crippen LogP contribution in [0.15, 0.2) is 6.07 Å². The molecule has 2 fully saturated rings. The average molecular weight is 345 g/mol. The summed E-state index contributed by atoms with van der Waals surface area (Å²) in [6, 6.07) is 1.57. The number of aromatic nitrogens is 2. The van der Waals surface area contributed by atoms with Crippen molar-refractivity contribution in [3.63, 3.8) is 0 Å². The highest BCUT2D eigenvalue weighted by Crippen LogP contribution is 2.38. The first-order valence-electron chi connectivity index (χ1n) is 8.85. The topological polar surface area (TPSA) is 78.8 Å². The summed E-state index contributed by atoms with van der Waals surface area (Å²) < 4.78 is 1.60. The van der Waals surface area contributed by atoms with E-state index in [2.05, 4.69) is 5.10 Å². The van der Waals surface area contributed by atoms with Crippen LogP contribution in [0.5, 0.6) is 0 Å². The van der Waals surface area contributed by atoms with Crippen molar-refractivity contribution in [1.29, 1.82) is 0 Å². The Balaban J connectivity index is 1.66. The van der Waals surface area contributed by atoms with Crippen LogP contribution in [0.3, 0.4) is 0 Å². The summed E-state index contributed by atoms with van der Waals surface area (Å²) in [6.45, 7) is 2.46. The van der Waals surface area contributed by atoms with Gasteiger partial charge in [-0.3, -0.25) is 19.1 Å². The third-order valence-corrected chi connectivity index (χ3v) is 5.77. The summed E-state index contributed by atoms with van der Waals surface area (Å²) >= 11 is 0. The highest BCUT2D eigenvalue weighted by molar-refractivity contribution is 6.01. The zero-order chi connectivity index (χ0) is 17.8. The molecule has 0 aromatic carbocycles. The number of rotatable bonds is 1. The SMILES string of the molecule is CN1CCn2nc(C(=O)N3CCCC34CCCN(C)C4=O)cc2C1=O. The normalized spacial score (nSPS) is 26.6. The van der Waals surface area contributed by atoms with E-state index in [0.29, 0.717) is 38.2 Å². The van der Waals surface area contributed by atoms with Gasteiger partial charge in [-0.25, -0.2) is 0 Å². The molecule has 4 heterocycles. The molecule has 8 heteroatoms. The molecule has 4 rings (SSSR count). The fraction of sp³-hybridized carbons (Fsp3) is 0.647. The van der Waals surface area contributed by atoms with E-state index in [1.54, 1.807) is 39.5 Å². The Labute approximate surface area is 146 Å². The number of hydrogen-bond donors (Lipinski definition) is 0. The van der Waals surface area contributed by atoms with Crippen LogP contribution in [-0.4, -0.2) is 81.5 Å². The molecule has 1 aromatic rings. The zero-order valence-corrected chi connectivity index (χ0v) is 14.7. The quantitative estimate of drug-likeness (QED) is 0.728. The molecule has 0 aliphatic carbocycles. The van der Waals surface area contributed by atoms with Gasteiger partial charge in [-0.2, -0.15) is 5.10 Å². The molecule has 0 saturated carbocycles. The molecule has 0 radical (unpaired) electrons. The standard InChI is InChI=1S/C17H23N5O3/c1-19-9-10-22-13(15(19)24)11-12(18-22)14(23)21-8-4-6-17(21)5-3-7-20(2)16(17)25/h11H,3-10H2,1-2H3. The van der Waals surface area contributed by atoms with Gasteiger partial charge in [0, 0.05) is 39.8 Å². The minimum Gasteiger partial charge on any atom is -0.344 e. The van der Waals surface area contributed by atoms with Crippen molar-refractivity contribution in [3.8, 4) is 0 Å². The molecular weight excluding hydrogens is 322 g/mol. The van der Waals surface area contributed by atoms with Crippen molar-refractivity contribution in [1.82, 2.24) is 24.5 Å². The summed E-state index contributed by atoms with van der Waals surface area (Å²) in [7, 11) is 3.54. The van der Waals surface area contributed by atoms with Crippen LogP contribution < -0.4 is 0 Å². The third kappa shape index (κ3) is 2.26. The largest absolute Gasteiger partial charge is 0.344 e. The first kappa shape index (κ1) is 16.1. The second-order valence-corrected chi connectivity index (χ2v) is 7.29. The minimum absolute atomic E-state index is 0.0318. The zero-order valence-electron chi connectivity index (χ0n) is 14.7.